The first-order valence-electron chi connectivity index (χ1n) is 8.67. The molecule has 2 aromatic carbocycles. The molecule has 0 radical (unpaired) electrons. The Bertz CT molecular complexity index is 912. The van der Waals surface area contributed by atoms with Gasteiger partial charge in [0.05, 0.1) is 6.04 Å². The van der Waals surface area contributed by atoms with E-state index >= 15 is 0 Å². The van der Waals surface area contributed by atoms with E-state index in [4.69, 9.17) is 0 Å². The monoisotopic (exact) mass is 351 g/mol. The second kappa shape index (κ2) is 6.62. The summed E-state index contributed by atoms with van der Waals surface area (Å²) in [5.41, 5.74) is 2.44. The third-order valence-electron chi connectivity index (χ3n) is 5.18. The predicted octanol–water partition coefficient (Wildman–Crippen LogP) is 4.85. The number of hydrogen-bond donors (Lipinski definition) is 1. The number of hydrogen-bond acceptors (Lipinski definition) is 3. The van der Waals surface area contributed by atoms with Gasteiger partial charge in [-0.1, -0.05) is 42.5 Å². The van der Waals surface area contributed by atoms with Gasteiger partial charge in [-0.25, -0.2) is 0 Å². The molecule has 25 heavy (non-hydrogen) atoms. The van der Waals surface area contributed by atoms with Crippen LogP contribution < -0.4 is 0 Å². The van der Waals surface area contributed by atoms with Crippen molar-refractivity contribution in [1.82, 2.24) is 4.90 Å². The SMILES string of the molecule is Cc1ccsc1C(c1cccc2ccccc12)N1CCCC1C(=O)O. The Balaban J connectivity index is 1.92. The van der Waals surface area contributed by atoms with E-state index in [0.29, 0.717) is 0 Å². The van der Waals surface area contributed by atoms with Crippen molar-refractivity contribution in [2.75, 3.05) is 6.54 Å². The van der Waals surface area contributed by atoms with E-state index in [0.717, 1.165) is 19.4 Å². The van der Waals surface area contributed by atoms with Crippen LogP contribution in [-0.4, -0.2) is 28.6 Å². The highest BCUT2D eigenvalue weighted by Crippen LogP contribution is 2.41. The van der Waals surface area contributed by atoms with Crippen LogP contribution in [-0.2, 0) is 4.79 Å². The molecule has 0 bridgehead atoms. The number of nitrogens with zero attached hydrogens (tertiary/aromatic N) is 1. The molecular formula is C21H21NO2S. The normalized spacial score (nSPS) is 19.3. The van der Waals surface area contributed by atoms with Gasteiger partial charge in [0.15, 0.2) is 0 Å². The first kappa shape index (κ1) is 16.3. The largest absolute Gasteiger partial charge is 0.480 e. The minimum Gasteiger partial charge on any atom is -0.480 e. The molecule has 3 aromatic rings. The Morgan fingerprint density at radius 3 is 2.76 bits per heavy atom. The number of aliphatic carboxylic acids is 1. The Hall–Kier alpha value is -2.17. The lowest BCUT2D eigenvalue weighted by Gasteiger charge is -2.32. The topological polar surface area (TPSA) is 40.5 Å². The number of likely N-dealkylation sites (tertiary alicyclic amines) is 1. The van der Waals surface area contributed by atoms with Crippen LogP contribution in [0.3, 0.4) is 0 Å². The minimum absolute atomic E-state index is 0.00491. The van der Waals surface area contributed by atoms with Crippen molar-refractivity contribution in [3.05, 3.63) is 69.9 Å². The molecular weight excluding hydrogens is 330 g/mol. The van der Waals surface area contributed by atoms with Crippen LogP contribution in [0.15, 0.2) is 53.9 Å². The molecule has 4 rings (SSSR count). The predicted molar refractivity (Wildman–Crippen MR) is 102 cm³/mol. The molecule has 1 fully saturated rings. The van der Waals surface area contributed by atoms with Gasteiger partial charge in [0.1, 0.15) is 6.04 Å². The number of carboxylic acid groups (broad SMARTS) is 1. The van der Waals surface area contributed by atoms with E-state index in [-0.39, 0.29) is 6.04 Å². The average Bonchev–Trinajstić information content (AvgIpc) is 3.26. The van der Waals surface area contributed by atoms with Crippen molar-refractivity contribution < 1.29 is 9.90 Å². The summed E-state index contributed by atoms with van der Waals surface area (Å²) >= 11 is 1.73. The van der Waals surface area contributed by atoms with Crippen LogP contribution in [0.5, 0.6) is 0 Å². The average molecular weight is 351 g/mol. The van der Waals surface area contributed by atoms with Crippen molar-refractivity contribution in [3.63, 3.8) is 0 Å². The van der Waals surface area contributed by atoms with E-state index in [1.165, 1.54) is 26.8 Å². The van der Waals surface area contributed by atoms with Gasteiger partial charge in [-0.2, -0.15) is 0 Å². The summed E-state index contributed by atoms with van der Waals surface area (Å²) in [6.07, 6.45) is 1.66. The van der Waals surface area contributed by atoms with Gasteiger partial charge >= 0.3 is 5.97 Å². The molecule has 1 aliphatic rings. The fourth-order valence-electron chi connectivity index (χ4n) is 3.99. The lowest BCUT2D eigenvalue weighted by atomic mass is 9.94. The van der Waals surface area contributed by atoms with Crippen molar-refractivity contribution in [3.8, 4) is 0 Å². The number of benzene rings is 2. The molecule has 1 N–H and O–H groups in total. The van der Waals surface area contributed by atoms with Gasteiger partial charge in [-0.05, 0) is 53.1 Å². The third-order valence-corrected chi connectivity index (χ3v) is 6.25. The van der Waals surface area contributed by atoms with Crippen LogP contribution >= 0.6 is 11.3 Å². The molecule has 4 heteroatoms. The number of fused-ring (bicyclic) bond motifs is 1. The van der Waals surface area contributed by atoms with Crippen molar-refractivity contribution in [2.45, 2.75) is 31.8 Å². The maximum atomic E-state index is 11.8. The summed E-state index contributed by atoms with van der Waals surface area (Å²) in [5.74, 6) is -0.711. The van der Waals surface area contributed by atoms with Gasteiger partial charge < -0.3 is 5.11 Å². The maximum Gasteiger partial charge on any atom is 0.320 e. The second-order valence-corrected chi connectivity index (χ2v) is 7.62. The molecule has 1 aromatic heterocycles. The number of thiophene rings is 1. The van der Waals surface area contributed by atoms with Crippen molar-refractivity contribution >= 4 is 28.1 Å². The van der Waals surface area contributed by atoms with Crippen LogP contribution in [0.4, 0.5) is 0 Å². The molecule has 2 heterocycles. The van der Waals surface area contributed by atoms with Crippen LogP contribution in [0.1, 0.15) is 34.9 Å². The van der Waals surface area contributed by atoms with Gasteiger partial charge in [0.2, 0.25) is 0 Å². The highest BCUT2D eigenvalue weighted by molar-refractivity contribution is 7.10. The maximum absolute atomic E-state index is 11.8. The molecule has 1 saturated heterocycles. The van der Waals surface area contributed by atoms with Gasteiger partial charge in [-0.15, -0.1) is 11.3 Å². The van der Waals surface area contributed by atoms with Crippen LogP contribution in [0.2, 0.25) is 0 Å². The summed E-state index contributed by atoms with van der Waals surface area (Å²) in [6, 6.07) is 16.4. The molecule has 0 aliphatic carbocycles. The zero-order valence-corrected chi connectivity index (χ0v) is 15.0. The van der Waals surface area contributed by atoms with E-state index in [9.17, 15) is 9.90 Å². The molecule has 1 aliphatic heterocycles. The fourth-order valence-corrected chi connectivity index (χ4v) is 5.05. The van der Waals surface area contributed by atoms with Crippen LogP contribution in [0, 0.1) is 6.92 Å². The molecule has 2 atom stereocenters. The molecule has 3 nitrogen and oxygen atoms in total. The number of carbonyl (C=O) groups is 1. The number of carboxylic acids is 1. The van der Waals surface area contributed by atoms with E-state index in [1.54, 1.807) is 11.3 Å². The quantitative estimate of drug-likeness (QED) is 0.730. The molecule has 0 amide bonds. The van der Waals surface area contributed by atoms with Crippen molar-refractivity contribution in [1.29, 1.82) is 0 Å². The zero-order chi connectivity index (χ0) is 17.4. The Labute approximate surface area is 151 Å². The highest BCUT2D eigenvalue weighted by atomic mass is 32.1. The number of rotatable bonds is 4. The lowest BCUT2D eigenvalue weighted by Crippen LogP contribution is -2.39. The highest BCUT2D eigenvalue weighted by Gasteiger charge is 2.38. The summed E-state index contributed by atoms with van der Waals surface area (Å²) in [7, 11) is 0. The van der Waals surface area contributed by atoms with Gasteiger partial charge in [-0.3, -0.25) is 9.69 Å². The fraction of sp³-hybridized carbons (Fsp3) is 0.286. The Morgan fingerprint density at radius 2 is 2.00 bits per heavy atom. The summed E-state index contributed by atoms with van der Waals surface area (Å²) < 4.78 is 0. The number of aryl methyl sites for hydroxylation is 1. The van der Waals surface area contributed by atoms with Crippen LogP contribution in [0.25, 0.3) is 10.8 Å². The Kier molecular flexibility index (Phi) is 4.32. The third kappa shape index (κ3) is 2.86. The second-order valence-electron chi connectivity index (χ2n) is 6.67. The first-order chi connectivity index (χ1) is 12.2. The summed E-state index contributed by atoms with van der Waals surface area (Å²) in [4.78, 5) is 15.3. The molecule has 128 valence electrons. The van der Waals surface area contributed by atoms with Gasteiger partial charge in [0.25, 0.3) is 0 Å². The standard InChI is InChI=1S/C21H21NO2S/c1-14-11-13-25-20(14)19(22-12-5-10-18(22)21(23)24)17-9-4-7-15-6-2-3-8-16(15)17/h2-4,6-9,11,13,18-19H,5,10,12H2,1H3,(H,23,24). The Morgan fingerprint density at radius 1 is 1.20 bits per heavy atom. The van der Waals surface area contributed by atoms with E-state index in [2.05, 4.69) is 59.7 Å². The first-order valence-corrected chi connectivity index (χ1v) is 9.55. The smallest absolute Gasteiger partial charge is 0.320 e. The van der Waals surface area contributed by atoms with Gasteiger partial charge in [0, 0.05) is 11.4 Å². The minimum atomic E-state index is -0.711. The van der Waals surface area contributed by atoms with E-state index < -0.39 is 12.0 Å². The van der Waals surface area contributed by atoms with E-state index in [1.807, 2.05) is 6.07 Å². The molecule has 0 saturated carbocycles. The summed E-state index contributed by atoms with van der Waals surface area (Å²) in [5, 5.41) is 14.2. The summed E-state index contributed by atoms with van der Waals surface area (Å²) in [6.45, 7) is 2.94. The van der Waals surface area contributed by atoms with Crippen molar-refractivity contribution in [2.24, 2.45) is 0 Å². The molecule has 2 unspecified atom stereocenters. The zero-order valence-electron chi connectivity index (χ0n) is 14.2. The molecule has 0 spiro atoms. The lowest BCUT2D eigenvalue weighted by molar-refractivity contribution is -0.142.